The van der Waals surface area contributed by atoms with E-state index in [9.17, 15) is 19.5 Å². The van der Waals surface area contributed by atoms with Crippen LogP contribution in [0.25, 0.3) is 0 Å². The Morgan fingerprint density at radius 1 is 1.47 bits per heavy atom. The number of rotatable bonds is 5. The van der Waals surface area contributed by atoms with Crippen LogP contribution >= 0.6 is 11.8 Å². The van der Waals surface area contributed by atoms with Gasteiger partial charge in [-0.05, 0) is 13.3 Å². The molecule has 0 aromatic rings. The molecule has 0 radical (unpaired) electrons. The van der Waals surface area contributed by atoms with Crippen LogP contribution in [0.2, 0.25) is 0 Å². The molecule has 1 aliphatic rings. The highest BCUT2D eigenvalue weighted by atomic mass is 32.2. The molecule has 0 spiro atoms. The molecular formula is C12H20N2O4S. The molecular weight excluding hydrogens is 268 g/mol. The van der Waals surface area contributed by atoms with Gasteiger partial charge in [-0.1, -0.05) is 13.3 Å². The molecule has 1 saturated heterocycles. The van der Waals surface area contributed by atoms with Crippen LogP contribution in [0.4, 0.5) is 0 Å². The summed E-state index contributed by atoms with van der Waals surface area (Å²) in [7, 11) is 0. The third-order valence-corrected chi connectivity index (χ3v) is 4.31. The van der Waals surface area contributed by atoms with Crippen molar-refractivity contribution in [2.75, 3.05) is 5.75 Å². The molecule has 0 bridgehead atoms. The van der Waals surface area contributed by atoms with Crippen LogP contribution in [-0.2, 0) is 14.4 Å². The van der Waals surface area contributed by atoms with Gasteiger partial charge in [0.2, 0.25) is 11.8 Å². The van der Waals surface area contributed by atoms with Crippen molar-refractivity contribution in [3.05, 3.63) is 0 Å². The number of hydrogen-bond donors (Lipinski definition) is 2. The number of thioether (sulfide) groups is 1. The predicted molar refractivity (Wildman–Crippen MR) is 72.7 cm³/mol. The second kappa shape index (κ2) is 6.79. The van der Waals surface area contributed by atoms with Crippen molar-refractivity contribution >= 4 is 29.5 Å². The lowest BCUT2D eigenvalue weighted by molar-refractivity contribution is -0.150. The quantitative estimate of drug-likeness (QED) is 0.776. The second-order valence-electron chi connectivity index (χ2n) is 4.60. The monoisotopic (exact) mass is 288 g/mol. The molecule has 1 rings (SSSR count). The van der Waals surface area contributed by atoms with Crippen molar-refractivity contribution in [3.8, 4) is 0 Å². The largest absolute Gasteiger partial charge is 0.480 e. The van der Waals surface area contributed by atoms with Gasteiger partial charge in [0.05, 0.1) is 5.37 Å². The van der Waals surface area contributed by atoms with E-state index in [1.165, 1.54) is 23.6 Å². The summed E-state index contributed by atoms with van der Waals surface area (Å²) in [6.07, 6.45) is 1.63. The Kier molecular flexibility index (Phi) is 5.65. The molecule has 1 heterocycles. The van der Waals surface area contributed by atoms with Gasteiger partial charge in [-0.15, -0.1) is 11.8 Å². The molecule has 6 nitrogen and oxygen atoms in total. The Morgan fingerprint density at radius 3 is 2.58 bits per heavy atom. The number of nitrogens with zero attached hydrogens (tertiary/aromatic N) is 1. The van der Waals surface area contributed by atoms with E-state index in [0.29, 0.717) is 5.75 Å². The number of aliphatic carboxylic acids is 1. The second-order valence-corrected chi connectivity index (χ2v) is 5.81. The molecule has 2 amide bonds. The number of hydrogen-bond acceptors (Lipinski definition) is 4. The average Bonchev–Trinajstić information content (AvgIpc) is 2.71. The molecule has 19 heavy (non-hydrogen) atoms. The van der Waals surface area contributed by atoms with E-state index < -0.39 is 18.1 Å². The predicted octanol–water partition coefficient (Wildman–Crippen LogP) is 0.666. The van der Waals surface area contributed by atoms with Gasteiger partial charge >= 0.3 is 5.97 Å². The molecule has 0 aromatic heterocycles. The zero-order chi connectivity index (χ0) is 14.6. The van der Waals surface area contributed by atoms with Gasteiger partial charge in [0.1, 0.15) is 12.1 Å². The van der Waals surface area contributed by atoms with E-state index >= 15 is 0 Å². The first-order valence-corrected chi connectivity index (χ1v) is 7.37. The maximum Gasteiger partial charge on any atom is 0.327 e. The third kappa shape index (κ3) is 3.86. The van der Waals surface area contributed by atoms with Crippen LogP contribution in [0.1, 0.15) is 33.6 Å². The number of carbonyl (C=O) groups is 3. The Morgan fingerprint density at radius 2 is 2.11 bits per heavy atom. The van der Waals surface area contributed by atoms with E-state index in [1.807, 2.05) is 6.92 Å². The van der Waals surface area contributed by atoms with Crippen LogP contribution in [0.15, 0.2) is 0 Å². The average molecular weight is 288 g/mol. The van der Waals surface area contributed by atoms with E-state index in [-0.39, 0.29) is 17.2 Å². The summed E-state index contributed by atoms with van der Waals surface area (Å²) in [5, 5.41) is 11.6. The van der Waals surface area contributed by atoms with E-state index in [2.05, 4.69) is 5.32 Å². The van der Waals surface area contributed by atoms with E-state index in [4.69, 9.17) is 0 Å². The summed E-state index contributed by atoms with van der Waals surface area (Å²) >= 11 is 1.49. The summed E-state index contributed by atoms with van der Waals surface area (Å²) in [4.78, 5) is 35.9. The Balaban J connectivity index is 2.85. The molecule has 0 aromatic carbocycles. The Hall–Kier alpha value is -1.24. The molecule has 2 N–H and O–H groups in total. The van der Waals surface area contributed by atoms with Crippen molar-refractivity contribution in [1.82, 2.24) is 10.2 Å². The smallest absolute Gasteiger partial charge is 0.327 e. The van der Waals surface area contributed by atoms with Crippen molar-refractivity contribution in [3.63, 3.8) is 0 Å². The van der Waals surface area contributed by atoms with E-state index in [1.54, 1.807) is 6.92 Å². The molecule has 0 aliphatic carbocycles. The van der Waals surface area contributed by atoms with Gasteiger partial charge in [-0.25, -0.2) is 4.79 Å². The molecule has 3 unspecified atom stereocenters. The molecule has 1 aliphatic heterocycles. The van der Waals surface area contributed by atoms with Gasteiger partial charge in [-0.2, -0.15) is 0 Å². The van der Waals surface area contributed by atoms with Crippen LogP contribution in [0.5, 0.6) is 0 Å². The minimum atomic E-state index is -0.991. The fourth-order valence-electron chi connectivity index (χ4n) is 2.11. The van der Waals surface area contributed by atoms with Crippen LogP contribution < -0.4 is 5.32 Å². The van der Waals surface area contributed by atoms with Gasteiger partial charge < -0.3 is 15.3 Å². The van der Waals surface area contributed by atoms with Gasteiger partial charge in [0.25, 0.3) is 0 Å². The van der Waals surface area contributed by atoms with Gasteiger partial charge in [0.15, 0.2) is 0 Å². The number of amides is 2. The molecule has 7 heteroatoms. The third-order valence-electron chi connectivity index (χ3n) is 2.96. The standard InChI is InChI=1S/C12H20N2O4S/c1-4-5-10-14(9(6-19-10)12(17)18)11(16)7(2)13-8(3)15/h7,9-10H,4-6H2,1-3H3,(H,13,15)(H,17,18). The van der Waals surface area contributed by atoms with Crippen molar-refractivity contribution in [1.29, 1.82) is 0 Å². The molecule has 1 fully saturated rings. The first-order valence-electron chi connectivity index (χ1n) is 6.32. The zero-order valence-corrected chi connectivity index (χ0v) is 12.2. The van der Waals surface area contributed by atoms with Crippen LogP contribution in [-0.4, -0.2) is 51.0 Å². The lowest BCUT2D eigenvalue weighted by Gasteiger charge is -2.29. The maximum atomic E-state index is 12.3. The van der Waals surface area contributed by atoms with Gasteiger partial charge in [-0.3, -0.25) is 9.59 Å². The highest BCUT2D eigenvalue weighted by Crippen LogP contribution is 2.32. The molecule has 0 saturated carbocycles. The number of carbonyl (C=O) groups excluding carboxylic acids is 2. The minimum Gasteiger partial charge on any atom is -0.480 e. The normalized spacial score (nSPS) is 24.1. The van der Waals surface area contributed by atoms with Crippen molar-refractivity contribution < 1.29 is 19.5 Å². The molecule has 108 valence electrons. The summed E-state index contributed by atoms with van der Waals surface area (Å²) in [6.45, 7) is 4.91. The number of carboxylic acids is 1. The lowest BCUT2D eigenvalue weighted by atomic mass is 10.2. The number of nitrogens with one attached hydrogen (secondary N) is 1. The first-order chi connectivity index (χ1) is 8.88. The van der Waals surface area contributed by atoms with Gasteiger partial charge in [0, 0.05) is 12.7 Å². The fourth-order valence-corrected chi connectivity index (χ4v) is 3.63. The SMILES string of the molecule is CCCC1SCC(C(=O)O)N1C(=O)C(C)NC(C)=O. The maximum absolute atomic E-state index is 12.3. The number of carboxylic acid groups (broad SMARTS) is 1. The summed E-state index contributed by atoms with van der Waals surface area (Å²) in [6, 6.07) is -1.50. The van der Waals surface area contributed by atoms with E-state index in [0.717, 1.165) is 12.8 Å². The Labute approximate surface area is 116 Å². The fraction of sp³-hybridized carbons (Fsp3) is 0.750. The zero-order valence-electron chi connectivity index (χ0n) is 11.4. The topological polar surface area (TPSA) is 86.7 Å². The first kappa shape index (κ1) is 15.8. The van der Waals surface area contributed by atoms with Crippen molar-refractivity contribution in [2.45, 2.75) is 51.1 Å². The van der Waals surface area contributed by atoms with Crippen molar-refractivity contribution in [2.24, 2.45) is 0 Å². The highest BCUT2D eigenvalue weighted by Gasteiger charge is 2.42. The summed E-state index contributed by atoms with van der Waals surface area (Å²) < 4.78 is 0. The summed E-state index contributed by atoms with van der Waals surface area (Å²) in [5.74, 6) is -1.22. The van der Waals surface area contributed by atoms with Crippen LogP contribution in [0, 0.1) is 0 Å². The molecule has 3 atom stereocenters. The minimum absolute atomic E-state index is 0.116. The lowest BCUT2D eigenvalue weighted by Crippen LogP contribution is -2.53. The highest BCUT2D eigenvalue weighted by molar-refractivity contribution is 8.00. The summed E-state index contributed by atoms with van der Waals surface area (Å²) in [5.41, 5.74) is 0. The van der Waals surface area contributed by atoms with Crippen LogP contribution in [0.3, 0.4) is 0 Å². The Bertz CT molecular complexity index is 375.